The van der Waals surface area contributed by atoms with E-state index < -0.39 is 17.6 Å². The van der Waals surface area contributed by atoms with Gasteiger partial charge in [-0.15, -0.1) is 0 Å². The van der Waals surface area contributed by atoms with E-state index in [0.29, 0.717) is 5.56 Å². The fourth-order valence-corrected chi connectivity index (χ4v) is 1.38. The number of rotatable bonds is 5. The van der Waals surface area contributed by atoms with Crippen LogP contribution in [0.3, 0.4) is 0 Å². The SMILES string of the molecule is CCOC(=O)NCc1ccc(CO)c([N+](=O)[O-])c1. The van der Waals surface area contributed by atoms with Crippen molar-refractivity contribution in [1.29, 1.82) is 0 Å². The summed E-state index contributed by atoms with van der Waals surface area (Å²) in [5.41, 5.74) is 0.632. The highest BCUT2D eigenvalue weighted by Crippen LogP contribution is 2.20. The first-order chi connectivity index (χ1) is 8.58. The number of nitrogens with one attached hydrogen (secondary N) is 1. The maximum atomic E-state index is 11.1. The van der Waals surface area contributed by atoms with Crippen LogP contribution in [0.2, 0.25) is 0 Å². The number of ether oxygens (including phenoxy) is 1. The number of hydrogen-bond acceptors (Lipinski definition) is 5. The molecule has 0 unspecified atom stereocenters. The first kappa shape index (κ1) is 13.9. The van der Waals surface area contributed by atoms with E-state index in [1.54, 1.807) is 13.0 Å². The average Bonchev–Trinajstić information content (AvgIpc) is 2.36. The number of carbonyl (C=O) groups is 1. The molecular weight excluding hydrogens is 240 g/mol. The summed E-state index contributed by atoms with van der Waals surface area (Å²) in [6.45, 7) is 1.67. The predicted octanol–water partition coefficient (Wildman–Crippen LogP) is 1.33. The van der Waals surface area contributed by atoms with Crippen molar-refractivity contribution in [3.63, 3.8) is 0 Å². The molecule has 18 heavy (non-hydrogen) atoms. The molecule has 0 radical (unpaired) electrons. The molecule has 0 saturated carbocycles. The number of nitro groups is 1. The lowest BCUT2D eigenvalue weighted by molar-refractivity contribution is -0.385. The van der Waals surface area contributed by atoms with Gasteiger partial charge in [-0.05, 0) is 18.6 Å². The van der Waals surface area contributed by atoms with Gasteiger partial charge in [0.2, 0.25) is 0 Å². The highest BCUT2D eigenvalue weighted by atomic mass is 16.6. The molecule has 0 bridgehead atoms. The smallest absolute Gasteiger partial charge is 0.407 e. The van der Waals surface area contributed by atoms with Gasteiger partial charge in [0.05, 0.1) is 23.7 Å². The second kappa shape index (κ2) is 6.55. The summed E-state index contributed by atoms with van der Waals surface area (Å²) in [6, 6.07) is 4.38. The molecule has 7 heteroatoms. The third kappa shape index (κ3) is 3.70. The van der Waals surface area contributed by atoms with Crippen molar-refractivity contribution in [2.45, 2.75) is 20.1 Å². The number of benzene rings is 1. The standard InChI is InChI=1S/C11H14N2O5/c1-2-18-11(15)12-6-8-3-4-9(7-14)10(5-8)13(16)17/h3-5,14H,2,6-7H2,1H3,(H,12,15). The minimum atomic E-state index is -0.577. The maximum absolute atomic E-state index is 11.1. The third-order valence-electron chi connectivity index (χ3n) is 2.23. The summed E-state index contributed by atoms with van der Waals surface area (Å²) in [6.07, 6.45) is -0.577. The molecular formula is C11H14N2O5. The van der Waals surface area contributed by atoms with Crippen molar-refractivity contribution in [2.75, 3.05) is 6.61 Å². The Morgan fingerprint density at radius 2 is 2.28 bits per heavy atom. The van der Waals surface area contributed by atoms with Crippen LogP contribution in [0.1, 0.15) is 18.1 Å². The van der Waals surface area contributed by atoms with E-state index in [9.17, 15) is 14.9 Å². The molecule has 1 aromatic rings. The summed E-state index contributed by atoms with van der Waals surface area (Å²) < 4.78 is 4.66. The monoisotopic (exact) mass is 254 g/mol. The molecule has 0 aliphatic heterocycles. The highest BCUT2D eigenvalue weighted by Gasteiger charge is 2.13. The molecule has 0 spiro atoms. The van der Waals surface area contributed by atoms with Crippen LogP contribution in [-0.4, -0.2) is 22.7 Å². The zero-order valence-electron chi connectivity index (χ0n) is 9.88. The lowest BCUT2D eigenvalue weighted by atomic mass is 10.1. The summed E-state index contributed by atoms with van der Waals surface area (Å²) in [4.78, 5) is 21.2. The second-order valence-electron chi connectivity index (χ2n) is 3.45. The molecule has 1 rings (SSSR count). The predicted molar refractivity (Wildman–Crippen MR) is 62.9 cm³/mol. The lowest BCUT2D eigenvalue weighted by Crippen LogP contribution is -2.23. The molecule has 0 aliphatic carbocycles. The van der Waals surface area contributed by atoms with Gasteiger partial charge in [0.25, 0.3) is 5.69 Å². The maximum Gasteiger partial charge on any atom is 0.407 e. The molecule has 7 nitrogen and oxygen atoms in total. The van der Waals surface area contributed by atoms with Crippen LogP contribution in [0, 0.1) is 10.1 Å². The molecule has 0 atom stereocenters. The van der Waals surface area contributed by atoms with Gasteiger partial charge in [-0.1, -0.05) is 6.07 Å². The van der Waals surface area contributed by atoms with E-state index in [1.807, 2.05) is 0 Å². The molecule has 1 amide bonds. The van der Waals surface area contributed by atoms with Gasteiger partial charge in [-0.25, -0.2) is 4.79 Å². The Kier molecular flexibility index (Phi) is 5.06. The van der Waals surface area contributed by atoms with Gasteiger partial charge in [0.15, 0.2) is 0 Å². The Hall–Kier alpha value is -2.15. The quantitative estimate of drug-likeness (QED) is 0.609. The van der Waals surface area contributed by atoms with Crippen LogP contribution in [0.4, 0.5) is 10.5 Å². The molecule has 1 aromatic carbocycles. The van der Waals surface area contributed by atoms with Crippen molar-refractivity contribution < 1.29 is 19.6 Å². The molecule has 98 valence electrons. The van der Waals surface area contributed by atoms with Crippen molar-refractivity contribution >= 4 is 11.8 Å². The van der Waals surface area contributed by atoms with Crippen molar-refractivity contribution in [1.82, 2.24) is 5.32 Å². The van der Waals surface area contributed by atoms with E-state index in [-0.39, 0.29) is 24.4 Å². The molecule has 0 aromatic heterocycles. The Morgan fingerprint density at radius 3 is 2.83 bits per heavy atom. The highest BCUT2D eigenvalue weighted by molar-refractivity contribution is 5.67. The van der Waals surface area contributed by atoms with Gasteiger partial charge < -0.3 is 15.2 Å². The molecule has 2 N–H and O–H groups in total. The summed E-state index contributed by atoms with van der Waals surface area (Å²) in [5.74, 6) is 0. The second-order valence-corrected chi connectivity index (χ2v) is 3.45. The Labute approximate surface area is 104 Å². The molecule has 0 saturated heterocycles. The van der Waals surface area contributed by atoms with Gasteiger partial charge in [0.1, 0.15) is 0 Å². The number of aliphatic hydroxyl groups excluding tert-OH is 1. The van der Waals surface area contributed by atoms with Crippen LogP contribution in [0.5, 0.6) is 0 Å². The topological polar surface area (TPSA) is 102 Å². The fraction of sp³-hybridized carbons (Fsp3) is 0.364. The lowest BCUT2D eigenvalue weighted by Gasteiger charge is -2.06. The normalized spacial score (nSPS) is 9.89. The van der Waals surface area contributed by atoms with Crippen LogP contribution in [0.25, 0.3) is 0 Å². The molecule has 0 fully saturated rings. The van der Waals surface area contributed by atoms with Gasteiger partial charge in [-0.2, -0.15) is 0 Å². The summed E-state index contributed by atoms with van der Waals surface area (Å²) >= 11 is 0. The van der Waals surface area contributed by atoms with E-state index in [4.69, 9.17) is 5.11 Å². The van der Waals surface area contributed by atoms with Crippen LogP contribution in [0.15, 0.2) is 18.2 Å². The minimum absolute atomic E-state index is 0.130. The van der Waals surface area contributed by atoms with Crippen molar-refractivity contribution in [2.24, 2.45) is 0 Å². The minimum Gasteiger partial charge on any atom is -0.450 e. The first-order valence-corrected chi connectivity index (χ1v) is 5.36. The zero-order valence-corrected chi connectivity index (χ0v) is 9.88. The van der Waals surface area contributed by atoms with Crippen molar-refractivity contribution in [3.05, 3.63) is 39.4 Å². The Morgan fingerprint density at radius 1 is 1.56 bits per heavy atom. The van der Waals surface area contributed by atoms with Crippen molar-refractivity contribution in [3.8, 4) is 0 Å². The van der Waals surface area contributed by atoms with E-state index in [1.165, 1.54) is 12.1 Å². The third-order valence-corrected chi connectivity index (χ3v) is 2.23. The largest absolute Gasteiger partial charge is 0.450 e. The summed E-state index contributed by atoms with van der Waals surface area (Å²) in [5, 5.41) is 22.2. The fourth-order valence-electron chi connectivity index (χ4n) is 1.38. The number of nitro benzene ring substituents is 1. The number of hydrogen-bond donors (Lipinski definition) is 2. The number of aliphatic hydroxyl groups is 1. The molecule has 0 aliphatic rings. The van der Waals surface area contributed by atoms with E-state index >= 15 is 0 Å². The van der Waals surface area contributed by atoms with Crippen LogP contribution in [-0.2, 0) is 17.9 Å². The number of amides is 1. The summed E-state index contributed by atoms with van der Waals surface area (Å²) in [7, 11) is 0. The van der Waals surface area contributed by atoms with Gasteiger partial charge in [0, 0.05) is 12.6 Å². The van der Waals surface area contributed by atoms with Gasteiger partial charge >= 0.3 is 6.09 Å². The average molecular weight is 254 g/mol. The number of nitrogens with zero attached hydrogens (tertiary/aromatic N) is 1. The van der Waals surface area contributed by atoms with E-state index in [0.717, 1.165) is 0 Å². The van der Waals surface area contributed by atoms with Crippen LogP contribution < -0.4 is 5.32 Å². The van der Waals surface area contributed by atoms with Crippen LogP contribution >= 0.6 is 0 Å². The van der Waals surface area contributed by atoms with E-state index in [2.05, 4.69) is 10.1 Å². The van der Waals surface area contributed by atoms with Gasteiger partial charge in [-0.3, -0.25) is 10.1 Å². The number of alkyl carbamates (subject to hydrolysis) is 1. The molecule has 0 heterocycles. The zero-order chi connectivity index (χ0) is 13.5. The first-order valence-electron chi connectivity index (χ1n) is 5.36. The Balaban J connectivity index is 2.76. The number of carbonyl (C=O) groups excluding carboxylic acids is 1. The Bertz CT molecular complexity index is 447.